The van der Waals surface area contributed by atoms with Gasteiger partial charge in [0.25, 0.3) is 0 Å². The second-order valence-electron chi connectivity index (χ2n) is 41.2. The molecule has 490 valence electrons. The fraction of sp³-hybridized carbons (Fsp3) is 0.928. The van der Waals surface area contributed by atoms with Crippen LogP contribution in [-0.2, 0) is 28.4 Å². The molecule has 0 aromatic heterocycles. The van der Waals surface area contributed by atoms with E-state index >= 15 is 0 Å². The van der Waals surface area contributed by atoms with E-state index in [1.807, 2.05) is 0 Å². The van der Waals surface area contributed by atoms with Gasteiger partial charge in [-0.1, -0.05) is 57.5 Å². The minimum atomic E-state index is 0.414. The zero-order chi connectivity index (χ0) is 59.1. The highest BCUT2D eigenvalue weighted by Gasteiger charge is 2.67. The molecule has 24 bridgehead atoms. The van der Waals surface area contributed by atoms with Crippen LogP contribution in [0.3, 0.4) is 0 Å². The van der Waals surface area contributed by atoms with Crippen molar-refractivity contribution in [1.82, 2.24) is 0 Å². The minimum absolute atomic E-state index is 0.414. The number of hydrogen-bond donors (Lipinski definition) is 0. The Hall–Kier alpha value is -1.02. The van der Waals surface area contributed by atoms with Gasteiger partial charge in [-0.3, -0.25) is 0 Å². The summed E-state index contributed by atoms with van der Waals surface area (Å²) < 4.78 is 34.5. The molecule has 6 aliphatic heterocycles. The van der Waals surface area contributed by atoms with E-state index in [-0.39, 0.29) is 0 Å². The van der Waals surface area contributed by atoms with Gasteiger partial charge in [0.05, 0.1) is 69.2 Å². The fourth-order valence-corrected chi connectivity index (χ4v) is 33.2. The molecular weight excluding hydrogens is 1090 g/mol. The van der Waals surface area contributed by atoms with Crippen molar-refractivity contribution >= 4 is 0 Å². The van der Waals surface area contributed by atoms with Gasteiger partial charge in [0.15, 0.2) is 0 Å². The van der Waals surface area contributed by atoms with E-state index in [2.05, 4.69) is 58.0 Å². The Morgan fingerprint density at radius 1 is 0.326 bits per heavy atom. The molecule has 24 saturated carbocycles. The largest absolute Gasteiger partial charge is 0.373 e. The van der Waals surface area contributed by atoms with Crippen LogP contribution >= 0.6 is 0 Å². The molecule has 6 nitrogen and oxygen atoms in total. The van der Waals surface area contributed by atoms with Crippen LogP contribution in [0.2, 0.25) is 0 Å². The van der Waals surface area contributed by atoms with Crippen molar-refractivity contribution < 1.29 is 28.4 Å². The van der Waals surface area contributed by atoms with Crippen molar-refractivity contribution in [3.05, 3.63) is 35.9 Å². The Labute approximate surface area is 539 Å². The Balaban J connectivity index is 0.0000000752. The Morgan fingerprint density at radius 2 is 0.607 bits per heavy atom. The van der Waals surface area contributed by atoms with E-state index < -0.39 is 0 Å². The lowest BCUT2D eigenvalue weighted by Gasteiger charge is -2.62. The van der Waals surface area contributed by atoms with Crippen LogP contribution < -0.4 is 0 Å². The zero-order valence-electron chi connectivity index (χ0n) is 56.6. The lowest BCUT2D eigenvalue weighted by Crippen LogP contribution is -2.53. The van der Waals surface area contributed by atoms with Crippen molar-refractivity contribution in [2.75, 3.05) is 26.4 Å². The third kappa shape index (κ3) is 10.5. The van der Waals surface area contributed by atoms with E-state index in [0.29, 0.717) is 92.2 Å². The lowest BCUT2D eigenvalue weighted by atomic mass is 9.43. The summed E-state index contributed by atoms with van der Waals surface area (Å²) in [4.78, 5) is 0. The molecule has 31 rings (SSSR count). The van der Waals surface area contributed by atoms with Crippen molar-refractivity contribution in [2.24, 2.45) is 138 Å². The molecule has 14 unspecified atom stereocenters. The normalized spacial score (nSPS) is 60.7. The van der Waals surface area contributed by atoms with Crippen LogP contribution in [0.4, 0.5) is 0 Å². The van der Waals surface area contributed by atoms with Crippen molar-refractivity contribution in [3.63, 3.8) is 0 Å². The van der Waals surface area contributed by atoms with Gasteiger partial charge in [-0.2, -0.15) is 0 Å². The topological polar surface area (TPSA) is 75.2 Å². The van der Waals surface area contributed by atoms with Crippen LogP contribution in [0, 0.1) is 138 Å². The summed E-state index contributed by atoms with van der Waals surface area (Å²) in [5.74, 6) is 16.0. The molecule has 30 fully saturated rings. The summed E-state index contributed by atoms with van der Waals surface area (Å²) >= 11 is 0. The number of benzene rings is 1. The summed E-state index contributed by atoms with van der Waals surface area (Å²) in [7, 11) is 0. The summed E-state index contributed by atoms with van der Waals surface area (Å²) in [6, 6.07) is 10.9. The molecule has 30 aliphatic rings. The SMILES string of the molecule is C1C2CC3CC1CC(C1CO1)(C2)C3.CC12CC3CC(C1)CC(C1CO1)(C3)C2.CC12CC3CC(C1)CC(C1CO1)(C3)C2.CC1OC1C12CC3CC(CC(C3)C1)C2.CCC12CC3CC(C1)CC(C1CO1)(C3)C2.c1ccc(C2OC2C23CC4CC(CC(C4)C2)C3)cc1. The average molecular weight is 1220 g/mol. The van der Waals surface area contributed by atoms with Crippen molar-refractivity contribution in [1.29, 1.82) is 0 Å². The van der Waals surface area contributed by atoms with Gasteiger partial charge in [-0.05, 0) is 376 Å². The maximum Gasteiger partial charge on any atom is 0.110 e. The van der Waals surface area contributed by atoms with Gasteiger partial charge < -0.3 is 28.4 Å². The Kier molecular flexibility index (Phi) is 13.4. The molecule has 89 heavy (non-hydrogen) atoms. The second-order valence-corrected chi connectivity index (χ2v) is 41.2. The summed E-state index contributed by atoms with van der Waals surface area (Å²) in [6.07, 6.45) is 61.1. The molecule has 14 atom stereocenters. The van der Waals surface area contributed by atoms with E-state index in [9.17, 15) is 0 Å². The molecular formula is C83H122O6. The fourth-order valence-electron chi connectivity index (χ4n) is 33.2. The van der Waals surface area contributed by atoms with Gasteiger partial charge in [-0.25, -0.2) is 0 Å². The lowest BCUT2D eigenvalue weighted by molar-refractivity contribution is -0.122. The first-order valence-corrected chi connectivity index (χ1v) is 39.8. The monoisotopic (exact) mass is 1210 g/mol. The van der Waals surface area contributed by atoms with Crippen molar-refractivity contribution in [2.45, 2.75) is 314 Å². The predicted octanol–water partition coefficient (Wildman–Crippen LogP) is 19.3. The summed E-state index contributed by atoms with van der Waals surface area (Å²) in [5, 5.41) is 0. The third-order valence-corrected chi connectivity index (χ3v) is 33.6. The summed E-state index contributed by atoms with van der Waals surface area (Å²) in [5.41, 5.74) is 7.43. The van der Waals surface area contributed by atoms with Gasteiger partial charge in [-0.15, -0.1) is 0 Å². The standard InChI is InChI=1S/C18H22O.C14H22O.3C13H20O.C12H18O/c1-2-4-15(5-3-1)16-17(19-16)18-9-12-6-13(10-18)8-14(7-12)11-18;1-2-13-4-10-3-11(5-13)7-14(6-10,9-13)12-8-15-12;2*1-12-3-9-2-10(4-12)6-13(5-9,8-12)11-7-14-11;1-8-12(14-8)13-5-9-2-10(6-13)4-11(3-9)7-13;1-8-2-10-3-9(1)5-12(4-8,6-10)11-7-13-11/h1-5,12-14,16-17H,6-11H2;10-12H,2-9H2,1H3;2*9-11H,2-8H2,1H3;8-12H,2-7H2,1H3;8-11H,1-7H2. The van der Waals surface area contributed by atoms with Gasteiger partial charge >= 0.3 is 0 Å². The number of rotatable bonds is 8. The quantitative estimate of drug-likeness (QED) is 0.242. The molecule has 6 heterocycles. The first kappa shape index (κ1) is 58.2. The minimum Gasteiger partial charge on any atom is -0.373 e. The number of hydrogen-bond acceptors (Lipinski definition) is 6. The highest BCUT2D eigenvalue weighted by molar-refractivity contribution is 5.26. The maximum atomic E-state index is 6.19. The van der Waals surface area contributed by atoms with E-state index in [1.165, 1.54) is 173 Å². The van der Waals surface area contributed by atoms with Gasteiger partial charge in [0.1, 0.15) is 6.10 Å². The maximum absolute atomic E-state index is 6.19. The molecule has 6 heteroatoms. The zero-order valence-corrected chi connectivity index (χ0v) is 56.6. The van der Waals surface area contributed by atoms with Crippen LogP contribution in [-0.4, -0.2) is 69.2 Å². The summed E-state index contributed by atoms with van der Waals surface area (Å²) in [6.45, 7) is 14.1. The molecule has 0 N–H and O–H groups in total. The second kappa shape index (κ2) is 20.5. The molecule has 6 saturated heterocycles. The van der Waals surface area contributed by atoms with E-state index in [0.717, 1.165) is 121 Å². The highest BCUT2D eigenvalue weighted by atomic mass is 16.6. The molecule has 1 aromatic rings. The van der Waals surface area contributed by atoms with Crippen molar-refractivity contribution in [3.8, 4) is 0 Å². The first-order valence-electron chi connectivity index (χ1n) is 39.8. The molecule has 0 amide bonds. The molecule has 0 spiro atoms. The van der Waals surface area contributed by atoms with E-state index in [1.54, 1.807) is 70.6 Å². The Morgan fingerprint density at radius 3 is 0.921 bits per heavy atom. The van der Waals surface area contributed by atoms with Crippen LogP contribution in [0.1, 0.15) is 277 Å². The smallest absolute Gasteiger partial charge is 0.110 e. The van der Waals surface area contributed by atoms with Crippen LogP contribution in [0.15, 0.2) is 30.3 Å². The highest BCUT2D eigenvalue weighted by Crippen LogP contribution is 2.73. The molecule has 24 aliphatic carbocycles. The number of epoxide rings is 6. The molecule has 0 radical (unpaired) electrons. The van der Waals surface area contributed by atoms with Gasteiger partial charge in [0.2, 0.25) is 0 Å². The predicted molar refractivity (Wildman–Crippen MR) is 349 cm³/mol. The Bertz CT molecular complexity index is 2610. The number of ether oxygens (including phenoxy) is 6. The van der Waals surface area contributed by atoms with Crippen LogP contribution in [0.25, 0.3) is 0 Å². The first-order chi connectivity index (χ1) is 43.0. The third-order valence-electron chi connectivity index (χ3n) is 33.6. The average Bonchev–Trinajstić information content (AvgIpc) is 1.79. The van der Waals surface area contributed by atoms with E-state index in [4.69, 9.17) is 28.4 Å². The molecule has 1 aromatic carbocycles. The van der Waals surface area contributed by atoms with Gasteiger partial charge in [0, 0.05) is 5.41 Å². The van der Waals surface area contributed by atoms with Crippen LogP contribution in [0.5, 0.6) is 0 Å².